The minimum atomic E-state index is -0.636. The Morgan fingerprint density at radius 2 is 2.06 bits per heavy atom. The lowest BCUT2D eigenvalue weighted by atomic mass is 9.82. The average Bonchev–Trinajstić information content (AvgIpc) is 3.20. The molecule has 0 radical (unpaired) electrons. The number of hydrogen-bond acceptors (Lipinski definition) is 5. The number of nitrogens with zero attached hydrogens (tertiary/aromatic N) is 5. The van der Waals surface area contributed by atoms with E-state index in [0.717, 1.165) is 22.4 Å². The standard InChI is InChI=1S/C26H27ClFN5O2/c1-25(2,3)35-24(34)32-14-18-13-19(6-7-21(18)33-16-30-31-22(33)15-32)26(27)10-8-17(9-11-26)23-20(28)5-4-12-29-23/h4-8,12-13,16H,9-11,14-15H2,1-3H3. The lowest BCUT2D eigenvalue weighted by Crippen LogP contribution is -2.36. The van der Waals surface area contributed by atoms with Crippen LogP contribution in [0, 0.1) is 5.82 Å². The summed E-state index contributed by atoms with van der Waals surface area (Å²) in [5.74, 6) is 0.336. The second kappa shape index (κ2) is 8.75. The normalized spacial score (nSPS) is 19.9. The monoisotopic (exact) mass is 495 g/mol. The van der Waals surface area contributed by atoms with Crippen LogP contribution < -0.4 is 0 Å². The van der Waals surface area contributed by atoms with E-state index in [0.29, 0.717) is 37.3 Å². The van der Waals surface area contributed by atoms with Crippen molar-refractivity contribution >= 4 is 23.3 Å². The number of halogens is 2. The van der Waals surface area contributed by atoms with Crippen LogP contribution in [0.3, 0.4) is 0 Å². The first-order valence-corrected chi connectivity index (χ1v) is 12.0. The van der Waals surface area contributed by atoms with Gasteiger partial charge in [0.05, 0.1) is 23.7 Å². The summed E-state index contributed by atoms with van der Waals surface area (Å²) in [5.41, 5.74) is 3.44. The number of alkyl halides is 1. The molecule has 1 amide bonds. The molecule has 0 spiro atoms. The molecule has 3 heterocycles. The van der Waals surface area contributed by atoms with Crippen molar-refractivity contribution in [3.8, 4) is 5.69 Å². The zero-order chi connectivity index (χ0) is 24.8. The number of benzene rings is 1. The summed E-state index contributed by atoms with van der Waals surface area (Å²) < 4.78 is 21.7. The molecule has 0 saturated heterocycles. The highest BCUT2D eigenvalue weighted by molar-refractivity contribution is 6.24. The van der Waals surface area contributed by atoms with Gasteiger partial charge < -0.3 is 4.74 Å². The van der Waals surface area contributed by atoms with Gasteiger partial charge in [0, 0.05) is 6.20 Å². The Bertz CT molecular complexity index is 1320. The average molecular weight is 496 g/mol. The first-order valence-electron chi connectivity index (χ1n) is 11.6. The van der Waals surface area contributed by atoms with E-state index in [9.17, 15) is 9.18 Å². The predicted octanol–water partition coefficient (Wildman–Crippen LogP) is 5.75. The van der Waals surface area contributed by atoms with Crippen LogP contribution in [-0.2, 0) is 22.7 Å². The van der Waals surface area contributed by atoms with E-state index in [1.165, 1.54) is 6.07 Å². The van der Waals surface area contributed by atoms with E-state index in [-0.39, 0.29) is 12.4 Å². The molecule has 1 unspecified atom stereocenters. The number of hydrogen-bond donors (Lipinski definition) is 0. The molecule has 2 aliphatic rings. The molecule has 0 bridgehead atoms. The van der Waals surface area contributed by atoms with Gasteiger partial charge in [0.15, 0.2) is 5.82 Å². The van der Waals surface area contributed by atoms with E-state index in [2.05, 4.69) is 21.2 Å². The van der Waals surface area contributed by atoms with Gasteiger partial charge in [0.2, 0.25) is 0 Å². The zero-order valence-electron chi connectivity index (χ0n) is 20.0. The van der Waals surface area contributed by atoms with Crippen molar-refractivity contribution in [2.24, 2.45) is 0 Å². The van der Waals surface area contributed by atoms with Gasteiger partial charge in [0.25, 0.3) is 0 Å². The molecule has 1 aliphatic carbocycles. The van der Waals surface area contributed by atoms with Crippen molar-refractivity contribution in [3.05, 3.63) is 77.4 Å². The fourth-order valence-electron chi connectivity index (χ4n) is 4.60. The molecule has 1 aliphatic heterocycles. The van der Waals surface area contributed by atoms with Crippen LogP contribution in [-0.4, -0.2) is 36.3 Å². The highest BCUT2D eigenvalue weighted by Crippen LogP contribution is 2.45. The van der Waals surface area contributed by atoms with Crippen LogP contribution in [0.25, 0.3) is 11.3 Å². The van der Waals surface area contributed by atoms with Crippen LogP contribution >= 0.6 is 11.6 Å². The second-order valence-electron chi connectivity index (χ2n) is 10.0. The molecule has 9 heteroatoms. The minimum absolute atomic E-state index is 0.284. The molecule has 0 saturated carbocycles. The lowest BCUT2D eigenvalue weighted by molar-refractivity contribution is 0.0214. The van der Waals surface area contributed by atoms with Gasteiger partial charge in [-0.05, 0) is 74.9 Å². The third-order valence-electron chi connectivity index (χ3n) is 6.35. The topological polar surface area (TPSA) is 73.1 Å². The van der Waals surface area contributed by atoms with Crippen molar-refractivity contribution in [2.45, 2.75) is 63.6 Å². The Morgan fingerprint density at radius 1 is 1.23 bits per heavy atom. The molecule has 3 aromatic rings. The van der Waals surface area contributed by atoms with Gasteiger partial charge in [-0.1, -0.05) is 18.2 Å². The molecule has 2 aromatic heterocycles. The van der Waals surface area contributed by atoms with Gasteiger partial charge in [0.1, 0.15) is 23.4 Å². The molecular weight excluding hydrogens is 469 g/mol. The first kappa shape index (κ1) is 23.5. The highest BCUT2D eigenvalue weighted by atomic mass is 35.5. The number of aromatic nitrogens is 4. The van der Waals surface area contributed by atoms with Crippen LogP contribution in [0.4, 0.5) is 9.18 Å². The molecule has 1 aromatic carbocycles. The molecule has 0 fully saturated rings. The Morgan fingerprint density at radius 3 is 2.77 bits per heavy atom. The third-order valence-corrected chi connectivity index (χ3v) is 6.91. The molecule has 182 valence electrons. The summed E-state index contributed by atoms with van der Waals surface area (Å²) in [4.78, 5) is 18.1. The van der Waals surface area contributed by atoms with Crippen molar-refractivity contribution in [3.63, 3.8) is 0 Å². The SMILES string of the molecule is CC(C)(C)OC(=O)N1Cc2cc(C3(Cl)CC=C(c4ncccc4F)CC3)ccc2-n2cnnc2C1. The van der Waals surface area contributed by atoms with Gasteiger partial charge >= 0.3 is 6.09 Å². The van der Waals surface area contributed by atoms with E-state index in [1.54, 1.807) is 23.5 Å². The van der Waals surface area contributed by atoms with Crippen molar-refractivity contribution < 1.29 is 13.9 Å². The summed E-state index contributed by atoms with van der Waals surface area (Å²) in [7, 11) is 0. The number of rotatable bonds is 2. The molecule has 35 heavy (non-hydrogen) atoms. The largest absolute Gasteiger partial charge is 0.444 e. The smallest absolute Gasteiger partial charge is 0.411 e. The Kier molecular flexibility index (Phi) is 5.87. The molecule has 0 N–H and O–H groups in total. The van der Waals surface area contributed by atoms with E-state index in [1.807, 2.05) is 43.5 Å². The fourth-order valence-corrected chi connectivity index (χ4v) is 4.89. The van der Waals surface area contributed by atoms with Gasteiger partial charge in [-0.25, -0.2) is 9.18 Å². The summed E-state index contributed by atoms with van der Waals surface area (Å²) in [6.07, 6.45) is 6.64. The summed E-state index contributed by atoms with van der Waals surface area (Å²) in [5, 5.41) is 8.25. The zero-order valence-corrected chi connectivity index (χ0v) is 20.7. The number of carbonyl (C=O) groups is 1. The summed E-state index contributed by atoms with van der Waals surface area (Å²) in [6.45, 7) is 6.17. The van der Waals surface area contributed by atoms with Crippen LogP contribution in [0.2, 0.25) is 0 Å². The van der Waals surface area contributed by atoms with Gasteiger partial charge in [-0.3, -0.25) is 14.5 Å². The maximum atomic E-state index is 14.2. The van der Waals surface area contributed by atoms with E-state index >= 15 is 0 Å². The Balaban J connectivity index is 1.46. The van der Waals surface area contributed by atoms with Gasteiger partial charge in [-0.15, -0.1) is 21.8 Å². The number of carbonyl (C=O) groups excluding carboxylic acids is 1. The lowest BCUT2D eigenvalue weighted by Gasteiger charge is -2.32. The van der Waals surface area contributed by atoms with Gasteiger partial charge in [-0.2, -0.15) is 0 Å². The highest BCUT2D eigenvalue weighted by Gasteiger charge is 2.34. The quantitative estimate of drug-likeness (QED) is 0.423. The van der Waals surface area contributed by atoms with Crippen LogP contribution in [0.1, 0.15) is 62.7 Å². The van der Waals surface area contributed by atoms with Crippen molar-refractivity contribution in [1.29, 1.82) is 0 Å². The maximum absolute atomic E-state index is 14.2. The second-order valence-corrected chi connectivity index (χ2v) is 10.8. The van der Waals surface area contributed by atoms with Crippen LogP contribution in [0.15, 0.2) is 48.9 Å². The Hall–Kier alpha value is -3.26. The van der Waals surface area contributed by atoms with E-state index in [4.69, 9.17) is 16.3 Å². The number of ether oxygens (including phenoxy) is 1. The van der Waals surface area contributed by atoms with E-state index < -0.39 is 16.6 Å². The summed E-state index contributed by atoms with van der Waals surface area (Å²) >= 11 is 7.15. The van der Waals surface area contributed by atoms with Crippen molar-refractivity contribution in [1.82, 2.24) is 24.6 Å². The maximum Gasteiger partial charge on any atom is 0.411 e. The van der Waals surface area contributed by atoms with Crippen molar-refractivity contribution in [2.75, 3.05) is 0 Å². The molecule has 5 rings (SSSR count). The van der Waals surface area contributed by atoms with Crippen LogP contribution in [0.5, 0.6) is 0 Å². The minimum Gasteiger partial charge on any atom is -0.444 e. The number of amides is 1. The third kappa shape index (κ3) is 4.67. The number of allylic oxidation sites excluding steroid dienone is 2. The predicted molar refractivity (Wildman–Crippen MR) is 130 cm³/mol. The molecule has 7 nitrogen and oxygen atoms in total. The first-order chi connectivity index (χ1) is 16.6. The fraction of sp³-hybridized carbons (Fsp3) is 0.385. The number of fused-ring (bicyclic) bond motifs is 3. The molecular formula is C26H27ClFN5O2. The number of pyridine rings is 1. The summed E-state index contributed by atoms with van der Waals surface area (Å²) in [6, 6.07) is 9.07. The molecule has 1 atom stereocenters. The Labute approximate surface area is 208 Å².